The second-order valence-corrected chi connectivity index (χ2v) is 6.42. The van der Waals surface area contributed by atoms with E-state index in [1.165, 1.54) is 0 Å². The van der Waals surface area contributed by atoms with Crippen LogP contribution in [0.3, 0.4) is 0 Å². The topological polar surface area (TPSA) is 62.3 Å². The molecule has 0 spiro atoms. The van der Waals surface area contributed by atoms with Crippen LogP contribution in [0.15, 0.2) is 60.9 Å². The zero-order valence-corrected chi connectivity index (χ0v) is 14.7. The van der Waals surface area contributed by atoms with Gasteiger partial charge in [0.1, 0.15) is 0 Å². The van der Waals surface area contributed by atoms with Crippen molar-refractivity contribution in [1.82, 2.24) is 15.2 Å². The molecule has 0 bridgehead atoms. The Morgan fingerprint density at radius 3 is 2.46 bits per heavy atom. The summed E-state index contributed by atoms with van der Waals surface area (Å²) in [6.07, 6.45) is 8.28. The number of hydrogen-bond donors (Lipinski definition) is 1. The van der Waals surface area contributed by atoms with Crippen molar-refractivity contribution in [2.45, 2.75) is 19.4 Å². The number of piperidine rings is 1. The minimum Gasteiger partial charge on any atom is -0.352 e. The Hall–Kier alpha value is -2.95. The number of nitrogens with one attached hydrogen (secondary N) is 1. The van der Waals surface area contributed by atoms with Crippen molar-refractivity contribution in [3.63, 3.8) is 0 Å². The summed E-state index contributed by atoms with van der Waals surface area (Å²) >= 11 is 0. The maximum absolute atomic E-state index is 12.3. The summed E-state index contributed by atoms with van der Waals surface area (Å²) in [5, 5.41) is 2.98. The van der Waals surface area contributed by atoms with Crippen LogP contribution >= 0.6 is 0 Å². The molecule has 1 aliphatic heterocycles. The lowest BCUT2D eigenvalue weighted by molar-refractivity contribution is -0.132. The van der Waals surface area contributed by atoms with Crippen molar-refractivity contribution >= 4 is 17.9 Å². The highest BCUT2D eigenvalue weighted by atomic mass is 16.2. The minimum atomic E-state index is -0.0287. The van der Waals surface area contributed by atoms with Crippen molar-refractivity contribution < 1.29 is 9.59 Å². The Morgan fingerprint density at radius 1 is 1.08 bits per heavy atom. The highest BCUT2D eigenvalue weighted by Gasteiger charge is 2.26. The Morgan fingerprint density at radius 2 is 1.77 bits per heavy atom. The molecule has 2 amide bonds. The molecular formula is C21H23N3O2. The molecule has 5 nitrogen and oxygen atoms in total. The third kappa shape index (κ3) is 5.02. The second-order valence-electron chi connectivity index (χ2n) is 6.42. The smallest absolute Gasteiger partial charge is 0.246 e. The van der Waals surface area contributed by atoms with Crippen LogP contribution in [0.4, 0.5) is 0 Å². The van der Waals surface area contributed by atoms with Gasteiger partial charge < -0.3 is 10.2 Å². The van der Waals surface area contributed by atoms with E-state index in [9.17, 15) is 9.59 Å². The molecular weight excluding hydrogens is 326 g/mol. The van der Waals surface area contributed by atoms with Gasteiger partial charge in [0.15, 0.2) is 0 Å². The third-order valence-corrected chi connectivity index (χ3v) is 4.61. The molecule has 1 aromatic heterocycles. The summed E-state index contributed by atoms with van der Waals surface area (Å²) < 4.78 is 0. The van der Waals surface area contributed by atoms with Gasteiger partial charge in [-0.3, -0.25) is 14.6 Å². The van der Waals surface area contributed by atoms with E-state index in [0.717, 1.165) is 11.1 Å². The van der Waals surface area contributed by atoms with Crippen LogP contribution in [0.2, 0.25) is 0 Å². The summed E-state index contributed by atoms with van der Waals surface area (Å²) in [5.74, 6) is 0.0391. The van der Waals surface area contributed by atoms with Gasteiger partial charge >= 0.3 is 0 Å². The number of nitrogens with zero attached hydrogens (tertiary/aromatic N) is 2. The van der Waals surface area contributed by atoms with Crippen molar-refractivity contribution in [3.05, 3.63) is 72.1 Å². The van der Waals surface area contributed by atoms with Gasteiger partial charge in [-0.05, 0) is 42.2 Å². The van der Waals surface area contributed by atoms with Crippen LogP contribution in [-0.4, -0.2) is 34.8 Å². The first-order chi connectivity index (χ1) is 12.7. The van der Waals surface area contributed by atoms with E-state index in [4.69, 9.17) is 0 Å². The molecule has 1 aliphatic rings. The number of benzene rings is 1. The van der Waals surface area contributed by atoms with Crippen molar-refractivity contribution in [2.75, 3.05) is 13.1 Å². The van der Waals surface area contributed by atoms with Gasteiger partial charge in [-0.15, -0.1) is 0 Å². The van der Waals surface area contributed by atoms with Crippen LogP contribution in [0, 0.1) is 5.92 Å². The number of rotatable bonds is 5. The van der Waals surface area contributed by atoms with Gasteiger partial charge in [-0.25, -0.2) is 0 Å². The fraction of sp³-hybridized carbons (Fsp3) is 0.286. The molecule has 0 radical (unpaired) electrons. The Bertz CT molecular complexity index is 751. The zero-order valence-electron chi connectivity index (χ0n) is 14.7. The quantitative estimate of drug-likeness (QED) is 0.844. The standard InChI is InChI=1S/C21H23N3O2/c25-20(7-6-17-4-2-1-3-5-17)24-14-10-19(11-15-24)21(26)23-16-18-8-12-22-13-9-18/h1-9,12-13,19H,10-11,14-16H2,(H,23,26)/b7-6+. The first kappa shape index (κ1) is 17.9. The SMILES string of the molecule is O=C(NCc1ccncc1)C1CCN(C(=O)/C=C/c2ccccc2)CC1. The third-order valence-electron chi connectivity index (χ3n) is 4.61. The van der Waals surface area contributed by atoms with E-state index in [1.807, 2.05) is 53.4 Å². The number of carbonyl (C=O) groups excluding carboxylic acids is 2. The van der Waals surface area contributed by atoms with E-state index in [1.54, 1.807) is 18.5 Å². The van der Waals surface area contributed by atoms with Crippen molar-refractivity contribution in [2.24, 2.45) is 5.92 Å². The van der Waals surface area contributed by atoms with Crippen LogP contribution in [0.25, 0.3) is 6.08 Å². The van der Waals surface area contributed by atoms with Crippen molar-refractivity contribution in [1.29, 1.82) is 0 Å². The first-order valence-corrected chi connectivity index (χ1v) is 8.91. The van der Waals surface area contributed by atoms with Gasteiger partial charge in [0.05, 0.1) is 0 Å². The summed E-state index contributed by atoms with van der Waals surface area (Å²) in [5.41, 5.74) is 2.04. The lowest BCUT2D eigenvalue weighted by atomic mass is 9.95. The average Bonchev–Trinajstić information content (AvgIpc) is 2.72. The fourth-order valence-corrected chi connectivity index (χ4v) is 3.03. The fourth-order valence-electron chi connectivity index (χ4n) is 3.03. The Kier molecular flexibility index (Phi) is 6.14. The molecule has 1 aromatic carbocycles. The van der Waals surface area contributed by atoms with Crippen LogP contribution in [0.5, 0.6) is 0 Å². The number of hydrogen-bond acceptors (Lipinski definition) is 3. The van der Waals surface area contributed by atoms with Gasteiger partial charge in [0.25, 0.3) is 0 Å². The highest BCUT2D eigenvalue weighted by Crippen LogP contribution is 2.18. The molecule has 5 heteroatoms. The van der Waals surface area contributed by atoms with Crippen LogP contribution in [-0.2, 0) is 16.1 Å². The number of carbonyl (C=O) groups is 2. The van der Waals surface area contributed by atoms with E-state index < -0.39 is 0 Å². The van der Waals surface area contributed by atoms with Gasteiger partial charge in [-0.1, -0.05) is 30.3 Å². The molecule has 0 atom stereocenters. The van der Waals surface area contributed by atoms with E-state index in [2.05, 4.69) is 10.3 Å². The number of likely N-dealkylation sites (tertiary alicyclic amines) is 1. The lowest BCUT2D eigenvalue weighted by Crippen LogP contribution is -2.42. The predicted molar refractivity (Wildman–Crippen MR) is 101 cm³/mol. The molecule has 0 aliphatic carbocycles. The first-order valence-electron chi connectivity index (χ1n) is 8.91. The molecule has 1 fully saturated rings. The molecule has 0 unspecified atom stereocenters. The number of pyridine rings is 1. The summed E-state index contributed by atoms with van der Waals surface area (Å²) in [6.45, 7) is 1.75. The van der Waals surface area contributed by atoms with Crippen molar-refractivity contribution in [3.8, 4) is 0 Å². The second kappa shape index (κ2) is 8.94. The number of amides is 2. The van der Waals surface area contributed by atoms with Gasteiger partial charge in [0.2, 0.25) is 11.8 Å². The Balaban J connectivity index is 1.44. The Labute approximate surface area is 153 Å². The monoisotopic (exact) mass is 349 g/mol. The lowest BCUT2D eigenvalue weighted by Gasteiger charge is -2.30. The molecule has 1 saturated heterocycles. The predicted octanol–water partition coefficient (Wildman–Crippen LogP) is 2.65. The normalized spacial score (nSPS) is 15.2. The minimum absolute atomic E-state index is 0.00416. The highest BCUT2D eigenvalue weighted by molar-refractivity contribution is 5.92. The maximum Gasteiger partial charge on any atom is 0.246 e. The molecule has 26 heavy (non-hydrogen) atoms. The molecule has 2 aromatic rings. The summed E-state index contributed by atoms with van der Waals surface area (Å²) in [4.78, 5) is 30.4. The van der Waals surface area contributed by atoms with Crippen LogP contribution < -0.4 is 5.32 Å². The molecule has 2 heterocycles. The molecule has 1 N–H and O–H groups in total. The van der Waals surface area contributed by atoms with E-state index in [0.29, 0.717) is 32.5 Å². The molecule has 0 saturated carbocycles. The maximum atomic E-state index is 12.3. The average molecular weight is 349 g/mol. The van der Waals surface area contributed by atoms with Gasteiger partial charge in [-0.2, -0.15) is 0 Å². The van der Waals surface area contributed by atoms with Gasteiger partial charge in [0, 0.05) is 44.0 Å². The van der Waals surface area contributed by atoms with E-state index >= 15 is 0 Å². The van der Waals surface area contributed by atoms with Crippen LogP contribution in [0.1, 0.15) is 24.0 Å². The summed E-state index contributed by atoms with van der Waals surface area (Å²) in [6, 6.07) is 13.5. The zero-order chi connectivity index (χ0) is 18.2. The summed E-state index contributed by atoms with van der Waals surface area (Å²) in [7, 11) is 0. The molecule has 3 rings (SSSR count). The number of aromatic nitrogens is 1. The van der Waals surface area contributed by atoms with E-state index in [-0.39, 0.29) is 17.7 Å². The molecule has 134 valence electrons. The largest absolute Gasteiger partial charge is 0.352 e.